The van der Waals surface area contributed by atoms with Gasteiger partial charge in [-0.15, -0.1) is 0 Å². The summed E-state index contributed by atoms with van der Waals surface area (Å²) in [6, 6.07) is 12.1. The van der Waals surface area contributed by atoms with E-state index in [9.17, 15) is 4.39 Å². The maximum atomic E-state index is 13.7. The number of rotatable bonds is 9. The summed E-state index contributed by atoms with van der Waals surface area (Å²) in [5, 5.41) is 14.8. The van der Waals surface area contributed by atoms with Crippen LogP contribution in [0.4, 0.5) is 10.3 Å². The predicted octanol–water partition coefficient (Wildman–Crippen LogP) is 3.42. The molecule has 142 valence electrons. The Hall–Kier alpha value is -3.16. The zero-order valence-electron chi connectivity index (χ0n) is 15.4. The van der Waals surface area contributed by atoms with Crippen LogP contribution in [0.5, 0.6) is 11.5 Å². The Kier molecular flexibility index (Phi) is 6.19. The minimum Gasteiger partial charge on any atom is -0.493 e. The number of halogens is 1. The van der Waals surface area contributed by atoms with E-state index in [4.69, 9.17) is 9.47 Å². The van der Waals surface area contributed by atoms with Crippen molar-refractivity contribution in [2.75, 3.05) is 12.4 Å². The standard InChI is InChI=1S/C19H22FN5O2/c1-3-10-25-19(22-23-24-25)21-12-14-8-9-17(18(11-14)26-2)27-13-15-6-4-5-7-16(15)20/h4-9,11H,3,10,12-13H2,1-2H3,(H,21,22,24). The second-order valence-corrected chi connectivity index (χ2v) is 5.94. The zero-order chi connectivity index (χ0) is 19.1. The number of benzene rings is 2. The molecule has 3 rings (SSSR count). The Morgan fingerprint density at radius 2 is 2.00 bits per heavy atom. The van der Waals surface area contributed by atoms with E-state index in [1.54, 1.807) is 30.0 Å². The van der Waals surface area contributed by atoms with Crippen molar-refractivity contribution in [1.29, 1.82) is 0 Å². The summed E-state index contributed by atoms with van der Waals surface area (Å²) in [4.78, 5) is 0. The Morgan fingerprint density at radius 1 is 1.15 bits per heavy atom. The molecular formula is C19H22FN5O2. The molecule has 1 heterocycles. The zero-order valence-corrected chi connectivity index (χ0v) is 15.4. The molecule has 0 radical (unpaired) electrons. The first-order valence-electron chi connectivity index (χ1n) is 8.74. The van der Waals surface area contributed by atoms with Crippen molar-refractivity contribution in [1.82, 2.24) is 20.2 Å². The topological polar surface area (TPSA) is 74.1 Å². The molecule has 27 heavy (non-hydrogen) atoms. The van der Waals surface area contributed by atoms with Crippen LogP contribution in [0, 0.1) is 5.82 Å². The largest absolute Gasteiger partial charge is 0.493 e. The van der Waals surface area contributed by atoms with Gasteiger partial charge in [0.25, 0.3) is 0 Å². The molecule has 0 saturated carbocycles. The fourth-order valence-electron chi connectivity index (χ4n) is 2.59. The van der Waals surface area contributed by atoms with E-state index in [-0.39, 0.29) is 12.4 Å². The van der Waals surface area contributed by atoms with Gasteiger partial charge >= 0.3 is 0 Å². The summed E-state index contributed by atoms with van der Waals surface area (Å²) < 4.78 is 26.6. The number of hydrogen-bond donors (Lipinski definition) is 1. The van der Waals surface area contributed by atoms with E-state index in [2.05, 4.69) is 27.8 Å². The molecular weight excluding hydrogens is 349 g/mol. The molecule has 0 spiro atoms. The maximum absolute atomic E-state index is 13.7. The number of aryl methyl sites for hydroxylation is 1. The van der Waals surface area contributed by atoms with E-state index in [0.717, 1.165) is 18.5 Å². The van der Waals surface area contributed by atoms with Gasteiger partial charge in [0.15, 0.2) is 11.5 Å². The summed E-state index contributed by atoms with van der Waals surface area (Å²) >= 11 is 0. The van der Waals surface area contributed by atoms with Gasteiger partial charge in [0.1, 0.15) is 12.4 Å². The molecule has 0 bridgehead atoms. The molecule has 3 aromatic rings. The van der Waals surface area contributed by atoms with Gasteiger partial charge in [-0.3, -0.25) is 0 Å². The molecule has 0 aliphatic heterocycles. The van der Waals surface area contributed by atoms with E-state index in [1.165, 1.54) is 6.07 Å². The van der Waals surface area contributed by atoms with Gasteiger partial charge in [-0.05, 0) is 40.6 Å². The monoisotopic (exact) mass is 371 g/mol. The highest BCUT2D eigenvalue weighted by atomic mass is 19.1. The number of tetrazole rings is 1. The van der Waals surface area contributed by atoms with Gasteiger partial charge in [0.05, 0.1) is 7.11 Å². The minimum atomic E-state index is -0.290. The number of aromatic nitrogens is 4. The summed E-state index contributed by atoms with van der Waals surface area (Å²) in [5.74, 6) is 1.47. The third kappa shape index (κ3) is 4.72. The lowest BCUT2D eigenvalue weighted by Gasteiger charge is -2.13. The van der Waals surface area contributed by atoms with Crippen LogP contribution in [-0.2, 0) is 19.7 Å². The first-order valence-corrected chi connectivity index (χ1v) is 8.74. The lowest BCUT2D eigenvalue weighted by Crippen LogP contribution is -2.09. The highest BCUT2D eigenvalue weighted by molar-refractivity contribution is 5.44. The number of anilines is 1. The molecule has 2 aromatic carbocycles. The van der Waals surface area contributed by atoms with Crippen LogP contribution in [0.3, 0.4) is 0 Å². The number of nitrogens with one attached hydrogen (secondary N) is 1. The van der Waals surface area contributed by atoms with Gasteiger partial charge in [-0.25, -0.2) is 9.07 Å². The molecule has 1 aromatic heterocycles. The van der Waals surface area contributed by atoms with Crippen LogP contribution in [-0.4, -0.2) is 27.3 Å². The highest BCUT2D eigenvalue weighted by Gasteiger charge is 2.09. The highest BCUT2D eigenvalue weighted by Crippen LogP contribution is 2.29. The molecule has 0 unspecified atom stereocenters. The third-order valence-electron chi connectivity index (χ3n) is 3.99. The Labute approximate surface area is 157 Å². The lowest BCUT2D eigenvalue weighted by molar-refractivity contribution is 0.279. The van der Waals surface area contributed by atoms with Crippen LogP contribution in [0.2, 0.25) is 0 Å². The van der Waals surface area contributed by atoms with E-state index in [0.29, 0.717) is 29.6 Å². The third-order valence-corrected chi connectivity index (χ3v) is 3.99. The van der Waals surface area contributed by atoms with Crippen LogP contribution < -0.4 is 14.8 Å². The van der Waals surface area contributed by atoms with Crippen molar-refractivity contribution < 1.29 is 13.9 Å². The molecule has 0 amide bonds. The van der Waals surface area contributed by atoms with E-state index < -0.39 is 0 Å². The molecule has 1 N–H and O–H groups in total. The predicted molar refractivity (Wildman–Crippen MR) is 99.2 cm³/mol. The van der Waals surface area contributed by atoms with E-state index >= 15 is 0 Å². The smallest absolute Gasteiger partial charge is 0.243 e. The molecule has 0 atom stereocenters. The van der Waals surface area contributed by atoms with Crippen LogP contribution in [0.15, 0.2) is 42.5 Å². The molecule has 0 fully saturated rings. The first-order chi connectivity index (χ1) is 13.2. The Morgan fingerprint density at radius 3 is 2.78 bits per heavy atom. The van der Waals surface area contributed by atoms with Crippen molar-refractivity contribution in [3.8, 4) is 11.5 Å². The second kappa shape index (κ2) is 8.98. The van der Waals surface area contributed by atoms with Crippen molar-refractivity contribution in [3.63, 3.8) is 0 Å². The number of methoxy groups -OCH3 is 1. The lowest BCUT2D eigenvalue weighted by atomic mass is 10.2. The Balaban J connectivity index is 1.65. The van der Waals surface area contributed by atoms with Gasteiger partial charge in [0.2, 0.25) is 5.95 Å². The molecule has 0 aliphatic rings. The summed E-state index contributed by atoms with van der Waals surface area (Å²) in [6.07, 6.45) is 0.946. The van der Waals surface area contributed by atoms with Crippen molar-refractivity contribution >= 4 is 5.95 Å². The first kappa shape index (κ1) is 18.6. The van der Waals surface area contributed by atoms with Gasteiger partial charge in [-0.1, -0.05) is 36.3 Å². The van der Waals surface area contributed by atoms with Crippen molar-refractivity contribution in [2.24, 2.45) is 0 Å². The summed E-state index contributed by atoms with van der Waals surface area (Å²) in [7, 11) is 1.57. The summed E-state index contributed by atoms with van der Waals surface area (Å²) in [5.41, 5.74) is 1.48. The van der Waals surface area contributed by atoms with Crippen molar-refractivity contribution in [2.45, 2.75) is 33.0 Å². The van der Waals surface area contributed by atoms with Crippen LogP contribution in [0.1, 0.15) is 24.5 Å². The fraction of sp³-hybridized carbons (Fsp3) is 0.316. The minimum absolute atomic E-state index is 0.131. The fourth-order valence-corrected chi connectivity index (χ4v) is 2.59. The van der Waals surface area contributed by atoms with E-state index in [1.807, 2.05) is 18.2 Å². The molecule has 0 aliphatic carbocycles. The number of ether oxygens (including phenoxy) is 2. The SMILES string of the molecule is CCCn1nnnc1NCc1ccc(OCc2ccccc2F)c(OC)c1. The van der Waals surface area contributed by atoms with Gasteiger partial charge < -0.3 is 14.8 Å². The normalized spacial score (nSPS) is 10.6. The average Bonchev–Trinajstić information content (AvgIpc) is 3.13. The van der Waals surface area contributed by atoms with Crippen molar-refractivity contribution in [3.05, 3.63) is 59.4 Å². The molecule has 0 saturated heterocycles. The number of hydrogen-bond acceptors (Lipinski definition) is 6. The average molecular weight is 371 g/mol. The van der Waals surface area contributed by atoms with Crippen LogP contribution in [0.25, 0.3) is 0 Å². The van der Waals surface area contributed by atoms with Gasteiger partial charge in [-0.2, -0.15) is 0 Å². The van der Waals surface area contributed by atoms with Gasteiger partial charge in [0, 0.05) is 18.7 Å². The second-order valence-electron chi connectivity index (χ2n) is 5.94. The molecule has 7 nitrogen and oxygen atoms in total. The Bertz CT molecular complexity index is 884. The summed E-state index contributed by atoms with van der Waals surface area (Å²) in [6.45, 7) is 3.48. The molecule has 8 heteroatoms. The number of nitrogens with zero attached hydrogens (tertiary/aromatic N) is 4. The quantitative estimate of drug-likeness (QED) is 0.621. The van der Waals surface area contributed by atoms with Crippen LogP contribution >= 0.6 is 0 Å². The maximum Gasteiger partial charge on any atom is 0.243 e.